The van der Waals surface area contributed by atoms with Gasteiger partial charge in [0.15, 0.2) is 6.10 Å². The summed E-state index contributed by atoms with van der Waals surface area (Å²) in [6.45, 7) is 6.59. The van der Waals surface area contributed by atoms with E-state index in [4.69, 9.17) is 14.2 Å². The molecule has 6 heteroatoms. The highest BCUT2D eigenvalue weighted by atomic mass is 16.6. The zero-order valence-corrected chi connectivity index (χ0v) is 53.9. The summed E-state index contributed by atoms with van der Waals surface area (Å²) in [7, 11) is 0. The number of allylic oxidation sites excluding steroid dienone is 8. The van der Waals surface area contributed by atoms with Gasteiger partial charge in [-0.1, -0.05) is 339 Å². The molecule has 0 saturated carbocycles. The highest BCUT2D eigenvalue weighted by molar-refractivity contribution is 5.71. The standard InChI is InChI=1S/C74H136O6/c1-4-7-10-13-16-19-22-25-27-29-30-31-32-33-34-35-36-37-38-39-40-41-42-43-45-46-49-52-55-58-61-64-67-73(76)79-70-71(69-78-72(75)66-63-60-57-54-51-48-24-21-18-15-12-9-6-3)80-74(77)68-65-62-59-56-53-50-47-44-28-26-23-20-17-14-11-8-5-2/h12,15,17,20-21,24,26,28,71H,4-11,13-14,16,18-19,22-23,25,27,29-70H2,1-3H3/b15-12-,20-17-,24-21-,28-26-. The molecule has 1 unspecified atom stereocenters. The van der Waals surface area contributed by atoms with Crippen LogP contribution in [0.25, 0.3) is 0 Å². The van der Waals surface area contributed by atoms with Crippen molar-refractivity contribution in [2.45, 2.75) is 393 Å². The van der Waals surface area contributed by atoms with Crippen molar-refractivity contribution in [2.24, 2.45) is 0 Å². The molecular formula is C74H136O6. The Kier molecular flexibility index (Phi) is 66.6. The van der Waals surface area contributed by atoms with Gasteiger partial charge in [0.1, 0.15) is 13.2 Å². The summed E-state index contributed by atoms with van der Waals surface area (Å²) < 4.78 is 16.9. The van der Waals surface area contributed by atoms with Crippen molar-refractivity contribution in [3.63, 3.8) is 0 Å². The molecule has 0 aliphatic rings. The molecule has 0 aromatic heterocycles. The highest BCUT2D eigenvalue weighted by Crippen LogP contribution is 2.19. The summed E-state index contributed by atoms with van der Waals surface area (Å²) >= 11 is 0. The molecule has 0 heterocycles. The minimum atomic E-state index is -0.783. The maximum Gasteiger partial charge on any atom is 0.306 e. The van der Waals surface area contributed by atoms with Crippen LogP contribution in [-0.4, -0.2) is 37.2 Å². The van der Waals surface area contributed by atoms with Gasteiger partial charge in [-0.3, -0.25) is 14.4 Å². The molecule has 6 nitrogen and oxygen atoms in total. The van der Waals surface area contributed by atoms with E-state index >= 15 is 0 Å². The first kappa shape index (κ1) is 77.4. The third kappa shape index (κ3) is 66.2. The topological polar surface area (TPSA) is 78.9 Å². The predicted molar refractivity (Wildman–Crippen MR) is 349 cm³/mol. The second-order valence-corrected chi connectivity index (χ2v) is 24.1. The van der Waals surface area contributed by atoms with Gasteiger partial charge in [0.25, 0.3) is 0 Å². The van der Waals surface area contributed by atoms with Crippen molar-refractivity contribution in [2.75, 3.05) is 13.2 Å². The lowest BCUT2D eigenvalue weighted by Gasteiger charge is -2.18. The highest BCUT2D eigenvalue weighted by Gasteiger charge is 2.19. The minimum Gasteiger partial charge on any atom is -0.462 e. The molecule has 1 atom stereocenters. The Hall–Kier alpha value is -2.63. The van der Waals surface area contributed by atoms with Crippen LogP contribution in [0.3, 0.4) is 0 Å². The lowest BCUT2D eigenvalue weighted by Crippen LogP contribution is -2.30. The SMILES string of the molecule is CCC/C=C\C/C=C\CCCCCCCC(=O)OCC(COC(=O)CCCCCCCCCCCCCCCCCCCCCCCCCCCCCCCCCC)OC(=O)CCCCCCCCC/C=C\C/C=C\CCCCC. The lowest BCUT2D eigenvalue weighted by atomic mass is 10.0. The van der Waals surface area contributed by atoms with Crippen LogP contribution in [0.1, 0.15) is 387 Å². The Morgan fingerprint density at radius 3 is 0.762 bits per heavy atom. The van der Waals surface area contributed by atoms with E-state index in [1.54, 1.807) is 0 Å². The van der Waals surface area contributed by atoms with Gasteiger partial charge in [-0.2, -0.15) is 0 Å². The number of hydrogen-bond acceptors (Lipinski definition) is 6. The van der Waals surface area contributed by atoms with E-state index in [1.807, 2.05) is 0 Å². The maximum atomic E-state index is 12.9. The van der Waals surface area contributed by atoms with Crippen LogP contribution in [0.2, 0.25) is 0 Å². The average molecular weight is 1120 g/mol. The van der Waals surface area contributed by atoms with Crippen molar-refractivity contribution >= 4 is 17.9 Å². The van der Waals surface area contributed by atoms with Gasteiger partial charge in [-0.15, -0.1) is 0 Å². The van der Waals surface area contributed by atoms with Crippen LogP contribution >= 0.6 is 0 Å². The van der Waals surface area contributed by atoms with Gasteiger partial charge in [0.2, 0.25) is 0 Å². The van der Waals surface area contributed by atoms with Gasteiger partial charge in [-0.25, -0.2) is 0 Å². The smallest absolute Gasteiger partial charge is 0.306 e. The fraction of sp³-hybridized carbons (Fsp3) is 0.851. The fourth-order valence-electron chi connectivity index (χ4n) is 10.7. The van der Waals surface area contributed by atoms with Crippen LogP contribution in [0.5, 0.6) is 0 Å². The molecule has 0 aromatic rings. The molecule has 468 valence electrons. The van der Waals surface area contributed by atoms with E-state index in [2.05, 4.69) is 69.4 Å². The average Bonchev–Trinajstić information content (AvgIpc) is 3.46. The van der Waals surface area contributed by atoms with E-state index < -0.39 is 6.10 Å². The van der Waals surface area contributed by atoms with E-state index in [9.17, 15) is 14.4 Å². The molecule has 0 spiro atoms. The molecule has 0 amide bonds. The Balaban J connectivity index is 4.12. The first-order chi connectivity index (χ1) is 39.5. The van der Waals surface area contributed by atoms with Crippen molar-refractivity contribution in [3.05, 3.63) is 48.6 Å². The van der Waals surface area contributed by atoms with Crippen LogP contribution in [-0.2, 0) is 28.6 Å². The number of carbonyl (C=O) groups excluding carboxylic acids is 3. The predicted octanol–water partition coefficient (Wildman–Crippen LogP) is 24.5. The van der Waals surface area contributed by atoms with E-state index in [0.29, 0.717) is 19.3 Å². The molecule has 0 bridgehead atoms. The van der Waals surface area contributed by atoms with E-state index in [0.717, 1.165) is 96.3 Å². The third-order valence-corrected chi connectivity index (χ3v) is 16.0. The van der Waals surface area contributed by atoms with Gasteiger partial charge in [-0.05, 0) is 77.0 Å². The molecule has 0 N–H and O–H groups in total. The summed E-state index contributed by atoms with van der Waals surface area (Å²) in [4.78, 5) is 38.3. The third-order valence-electron chi connectivity index (χ3n) is 16.0. The quantitative estimate of drug-likeness (QED) is 0.0261. The van der Waals surface area contributed by atoms with E-state index in [-0.39, 0.29) is 31.1 Å². The number of ether oxygens (including phenoxy) is 3. The van der Waals surface area contributed by atoms with Gasteiger partial charge in [0, 0.05) is 19.3 Å². The number of unbranched alkanes of at least 4 members (excludes halogenated alkanes) is 47. The molecule has 0 saturated heterocycles. The zero-order valence-electron chi connectivity index (χ0n) is 53.9. The van der Waals surface area contributed by atoms with Crippen molar-refractivity contribution in [1.82, 2.24) is 0 Å². The maximum absolute atomic E-state index is 12.9. The lowest BCUT2D eigenvalue weighted by molar-refractivity contribution is -0.167. The summed E-state index contributed by atoms with van der Waals surface area (Å²) in [5.74, 6) is -0.878. The summed E-state index contributed by atoms with van der Waals surface area (Å²) in [5.41, 5.74) is 0. The number of rotatable bonds is 66. The Morgan fingerprint density at radius 1 is 0.250 bits per heavy atom. The van der Waals surface area contributed by atoms with Crippen LogP contribution in [0.4, 0.5) is 0 Å². The largest absolute Gasteiger partial charge is 0.462 e. The first-order valence-electron chi connectivity index (χ1n) is 35.6. The fourth-order valence-corrected chi connectivity index (χ4v) is 10.7. The molecule has 0 aliphatic carbocycles. The number of hydrogen-bond donors (Lipinski definition) is 0. The molecule has 0 fully saturated rings. The second kappa shape index (κ2) is 68.9. The monoisotopic (exact) mass is 1120 g/mol. The number of esters is 3. The molecule has 0 aliphatic heterocycles. The summed E-state index contributed by atoms with van der Waals surface area (Å²) in [6.07, 6.45) is 87.3. The van der Waals surface area contributed by atoms with Gasteiger partial charge < -0.3 is 14.2 Å². The van der Waals surface area contributed by atoms with Crippen molar-refractivity contribution in [3.8, 4) is 0 Å². The zero-order chi connectivity index (χ0) is 57.8. The normalized spacial score (nSPS) is 12.3. The molecule has 0 aromatic carbocycles. The summed E-state index contributed by atoms with van der Waals surface area (Å²) in [5, 5.41) is 0. The van der Waals surface area contributed by atoms with Crippen molar-refractivity contribution in [1.29, 1.82) is 0 Å². The van der Waals surface area contributed by atoms with Crippen LogP contribution < -0.4 is 0 Å². The number of carbonyl (C=O) groups is 3. The second-order valence-electron chi connectivity index (χ2n) is 24.1. The van der Waals surface area contributed by atoms with Gasteiger partial charge in [0.05, 0.1) is 0 Å². The molecule has 0 radical (unpaired) electrons. The Morgan fingerprint density at radius 2 is 0.475 bits per heavy atom. The first-order valence-corrected chi connectivity index (χ1v) is 35.6. The molecule has 80 heavy (non-hydrogen) atoms. The van der Waals surface area contributed by atoms with Crippen molar-refractivity contribution < 1.29 is 28.6 Å². The molecule has 0 rings (SSSR count). The summed E-state index contributed by atoms with van der Waals surface area (Å²) in [6, 6.07) is 0. The minimum absolute atomic E-state index is 0.0775. The Labute approximate surface area is 498 Å². The van der Waals surface area contributed by atoms with E-state index in [1.165, 1.54) is 250 Å². The molecular weight excluding hydrogens is 985 g/mol. The van der Waals surface area contributed by atoms with Gasteiger partial charge >= 0.3 is 17.9 Å². The Bertz CT molecular complexity index is 1380. The van der Waals surface area contributed by atoms with Crippen LogP contribution in [0.15, 0.2) is 48.6 Å². The van der Waals surface area contributed by atoms with Crippen LogP contribution in [0, 0.1) is 0 Å².